The molecular formula is C8H6FIO. The normalized spacial score (nSPS) is 9.73. The van der Waals surface area contributed by atoms with E-state index in [1.165, 1.54) is 12.1 Å². The Kier molecular flexibility index (Phi) is 2.59. The van der Waals surface area contributed by atoms with Crippen molar-refractivity contribution in [3.8, 4) is 0 Å². The number of benzene rings is 1. The molecule has 0 spiro atoms. The third-order valence-corrected chi connectivity index (χ3v) is 2.57. The van der Waals surface area contributed by atoms with E-state index in [9.17, 15) is 9.18 Å². The summed E-state index contributed by atoms with van der Waals surface area (Å²) in [5, 5.41) is 0. The average molecular weight is 264 g/mol. The van der Waals surface area contributed by atoms with Crippen LogP contribution in [-0.2, 0) is 0 Å². The number of aldehydes is 1. The Morgan fingerprint density at radius 2 is 2.18 bits per heavy atom. The topological polar surface area (TPSA) is 17.1 Å². The molecule has 0 aliphatic heterocycles. The van der Waals surface area contributed by atoms with Gasteiger partial charge in [0.25, 0.3) is 0 Å². The van der Waals surface area contributed by atoms with Crippen LogP contribution in [0.15, 0.2) is 12.1 Å². The van der Waals surface area contributed by atoms with Gasteiger partial charge in [0.2, 0.25) is 0 Å². The fourth-order valence-electron chi connectivity index (χ4n) is 0.752. The minimum atomic E-state index is -0.446. The number of aryl methyl sites for hydroxylation is 1. The SMILES string of the molecule is Cc1cc(F)c(C=O)cc1I. The number of rotatable bonds is 1. The van der Waals surface area contributed by atoms with Crippen LogP contribution in [0, 0.1) is 16.3 Å². The number of hydrogen-bond acceptors (Lipinski definition) is 1. The molecule has 0 N–H and O–H groups in total. The molecule has 0 aliphatic rings. The van der Waals surface area contributed by atoms with Gasteiger partial charge in [0, 0.05) is 3.57 Å². The summed E-state index contributed by atoms with van der Waals surface area (Å²) in [4.78, 5) is 10.2. The monoisotopic (exact) mass is 264 g/mol. The third-order valence-electron chi connectivity index (χ3n) is 1.40. The summed E-state index contributed by atoms with van der Waals surface area (Å²) >= 11 is 2.06. The molecule has 3 heteroatoms. The number of carbonyl (C=O) groups is 1. The molecule has 0 amide bonds. The van der Waals surface area contributed by atoms with E-state index in [2.05, 4.69) is 22.6 Å². The largest absolute Gasteiger partial charge is 0.298 e. The Hall–Kier alpha value is -0.450. The van der Waals surface area contributed by atoms with E-state index in [1.54, 1.807) is 6.92 Å². The van der Waals surface area contributed by atoms with Crippen LogP contribution in [-0.4, -0.2) is 6.29 Å². The van der Waals surface area contributed by atoms with Gasteiger partial charge in [-0.3, -0.25) is 4.79 Å². The lowest BCUT2D eigenvalue weighted by molar-refractivity contribution is 0.112. The summed E-state index contributed by atoms with van der Waals surface area (Å²) in [7, 11) is 0. The number of carbonyl (C=O) groups excluding carboxylic acids is 1. The van der Waals surface area contributed by atoms with Crippen LogP contribution in [0.3, 0.4) is 0 Å². The van der Waals surface area contributed by atoms with Crippen LogP contribution >= 0.6 is 22.6 Å². The zero-order valence-electron chi connectivity index (χ0n) is 5.90. The van der Waals surface area contributed by atoms with Crippen LogP contribution < -0.4 is 0 Å². The highest BCUT2D eigenvalue weighted by molar-refractivity contribution is 14.1. The summed E-state index contributed by atoms with van der Waals surface area (Å²) in [6.45, 7) is 1.80. The Morgan fingerprint density at radius 3 is 2.73 bits per heavy atom. The Morgan fingerprint density at radius 1 is 1.55 bits per heavy atom. The molecule has 0 atom stereocenters. The molecule has 0 saturated heterocycles. The van der Waals surface area contributed by atoms with Gasteiger partial charge < -0.3 is 0 Å². The molecule has 0 heterocycles. The van der Waals surface area contributed by atoms with E-state index in [4.69, 9.17) is 0 Å². The standard InChI is InChI=1S/C8H6FIO/c1-5-2-7(9)6(4-11)3-8(5)10/h2-4H,1H3. The highest BCUT2D eigenvalue weighted by Crippen LogP contribution is 2.15. The summed E-state index contributed by atoms with van der Waals surface area (Å²) in [6, 6.07) is 2.91. The van der Waals surface area contributed by atoms with Crippen LogP contribution in [0.4, 0.5) is 4.39 Å². The van der Waals surface area contributed by atoms with Crippen molar-refractivity contribution < 1.29 is 9.18 Å². The molecule has 0 radical (unpaired) electrons. The minimum Gasteiger partial charge on any atom is -0.298 e. The molecule has 1 aromatic carbocycles. The first-order valence-corrected chi connectivity index (χ1v) is 4.14. The van der Waals surface area contributed by atoms with Gasteiger partial charge in [0.1, 0.15) is 5.82 Å². The van der Waals surface area contributed by atoms with E-state index >= 15 is 0 Å². The van der Waals surface area contributed by atoms with Gasteiger partial charge in [-0.15, -0.1) is 0 Å². The van der Waals surface area contributed by atoms with Crippen molar-refractivity contribution in [1.29, 1.82) is 0 Å². The molecule has 1 nitrogen and oxygen atoms in total. The fraction of sp³-hybridized carbons (Fsp3) is 0.125. The maximum atomic E-state index is 12.8. The van der Waals surface area contributed by atoms with E-state index in [0.717, 1.165) is 9.13 Å². The first-order chi connectivity index (χ1) is 5.15. The first kappa shape index (κ1) is 8.64. The molecule has 1 aromatic rings. The molecule has 1 rings (SSSR count). The van der Waals surface area contributed by atoms with Gasteiger partial charge in [-0.05, 0) is 47.2 Å². The summed E-state index contributed by atoms with van der Waals surface area (Å²) in [6.07, 6.45) is 0.525. The summed E-state index contributed by atoms with van der Waals surface area (Å²) in [5.41, 5.74) is 0.980. The van der Waals surface area contributed by atoms with Gasteiger partial charge in [-0.25, -0.2) is 4.39 Å². The lowest BCUT2D eigenvalue weighted by Crippen LogP contribution is -1.91. The summed E-state index contributed by atoms with van der Waals surface area (Å²) in [5.74, 6) is -0.446. The van der Waals surface area contributed by atoms with Crippen molar-refractivity contribution in [2.75, 3.05) is 0 Å². The average Bonchev–Trinajstić information content (AvgIpc) is 1.97. The molecule has 0 fully saturated rings. The van der Waals surface area contributed by atoms with E-state index < -0.39 is 5.82 Å². The van der Waals surface area contributed by atoms with Crippen LogP contribution in [0.5, 0.6) is 0 Å². The number of halogens is 2. The Labute approximate surface area is 77.8 Å². The van der Waals surface area contributed by atoms with Gasteiger partial charge in [0.05, 0.1) is 5.56 Å². The molecule has 11 heavy (non-hydrogen) atoms. The van der Waals surface area contributed by atoms with Crippen molar-refractivity contribution in [2.24, 2.45) is 0 Å². The van der Waals surface area contributed by atoms with Gasteiger partial charge >= 0.3 is 0 Å². The smallest absolute Gasteiger partial charge is 0.153 e. The molecule has 0 unspecified atom stereocenters. The maximum absolute atomic E-state index is 12.8. The van der Waals surface area contributed by atoms with Crippen molar-refractivity contribution in [3.05, 3.63) is 32.6 Å². The van der Waals surface area contributed by atoms with E-state index in [0.29, 0.717) is 6.29 Å². The summed E-state index contributed by atoms with van der Waals surface area (Å²) < 4.78 is 13.7. The fourth-order valence-corrected chi connectivity index (χ4v) is 1.24. The highest BCUT2D eigenvalue weighted by atomic mass is 127. The molecular weight excluding hydrogens is 258 g/mol. The zero-order chi connectivity index (χ0) is 8.43. The molecule has 58 valence electrons. The predicted octanol–water partition coefficient (Wildman–Crippen LogP) is 2.55. The second-order valence-electron chi connectivity index (χ2n) is 2.24. The van der Waals surface area contributed by atoms with Crippen molar-refractivity contribution in [2.45, 2.75) is 6.92 Å². The molecule has 0 aliphatic carbocycles. The predicted molar refractivity (Wildman–Crippen MR) is 49.2 cm³/mol. The van der Waals surface area contributed by atoms with E-state index in [-0.39, 0.29) is 5.56 Å². The molecule has 0 aromatic heterocycles. The lowest BCUT2D eigenvalue weighted by atomic mass is 10.1. The second kappa shape index (κ2) is 3.30. The Bertz CT molecular complexity index is 296. The minimum absolute atomic E-state index is 0.125. The van der Waals surface area contributed by atoms with Crippen LogP contribution in [0.1, 0.15) is 15.9 Å². The van der Waals surface area contributed by atoms with Gasteiger partial charge in [-0.1, -0.05) is 0 Å². The highest BCUT2D eigenvalue weighted by Gasteiger charge is 2.03. The zero-order valence-corrected chi connectivity index (χ0v) is 8.05. The lowest BCUT2D eigenvalue weighted by Gasteiger charge is -1.99. The molecule has 0 bridgehead atoms. The second-order valence-corrected chi connectivity index (χ2v) is 3.40. The maximum Gasteiger partial charge on any atom is 0.153 e. The van der Waals surface area contributed by atoms with Crippen molar-refractivity contribution in [1.82, 2.24) is 0 Å². The van der Waals surface area contributed by atoms with Crippen LogP contribution in [0.2, 0.25) is 0 Å². The van der Waals surface area contributed by atoms with E-state index in [1.807, 2.05) is 0 Å². The van der Waals surface area contributed by atoms with Crippen molar-refractivity contribution >= 4 is 28.9 Å². The van der Waals surface area contributed by atoms with Crippen molar-refractivity contribution in [3.63, 3.8) is 0 Å². The first-order valence-electron chi connectivity index (χ1n) is 3.06. The third kappa shape index (κ3) is 1.77. The Balaban J connectivity index is 3.31. The molecule has 0 saturated carbocycles. The van der Waals surface area contributed by atoms with Gasteiger partial charge in [-0.2, -0.15) is 0 Å². The van der Waals surface area contributed by atoms with Gasteiger partial charge in [0.15, 0.2) is 6.29 Å². The number of hydrogen-bond donors (Lipinski definition) is 0. The quantitative estimate of drug-likeness (QED) is 0.562. The van der Waals surface area contributed by atoms with Crippen LogP contribution in [0.25, 0.3) is 0 Å².